The molecule has 3 rings (SSSR count). The van der Waals surface area contributed by atoms with Crippen LogP contribution in [0.5, 0.6) is 5.75 Å². The molecule has 0 spiro atoms. The van der Waals surface area contributed by atoms with Crippen molar-refractivity contribution in [3.05, 3.63) is 64.1 Å². The average Bonchev–Trinajstić information content (AvgIpc) is 2.67. The molecule has 1 aliphatic heterocycles. The van der Waals surface area contributed by atoms with Crippen LogP contribution in [0.4, 0.5) is 0 Å². The molecular weight excluding hydrogens is 430 g/mol. The summed E-state index contributed by atoms with van der Waals surface area (Å²) >= 11 is 3.46. The highest BCUT2D eigenvalue weighted by atomic mass is 79.9. The quantitative estimate of drug-likeness (QED) is 0.676. The molecule has 1 N–H and O–H groups in total. The van der Waals surface area contributed by atoms with Gasteiger partial charge in [0.05, 0.1) is 12.7 Å². The number of aryl methyl sites for hydroxylation is 1. The van der Waals surface area contributed by atoms with Crippen molar-refractivity contribution in [2.45, 2.75) is 25.6 Å². The molecule has 6 heteroatoms. The molecule has 1 fully saturated rings. The van der Waals surface area contributed by atoms with Crippen LogP contribution in [0.2, 0.25) is 0 Å². The molecule has 4 nitrogen and oxygen atoms in total. The Hall–Kier alpha value is -1.11. The molecule has 0 aromatic heterocycles. The van der Waals surface area contributed by atoms with Gasteiger partial charge in [-0.25, -0.2) is 0 Å². The standard InChI is InChI=1S/C21H26BrNO3.ClH/c1-2-16-3-9-20(10-4-16)26-15-19(24)13-23-11-12-25-21(14-23)17-5-7-18(22)8-6-17;/h3-10,19,21,24H,2,11-15H2,1H3;1H. The van der Waals surface area contributed by atoms with Crippen molar-refractivity contribution < 1.29 is 14.6 Å². The molecule has 2 aromatic carbocycles. The number of nitrogens with zero attached hydrogens (tertiary/aromatic N) is 1. The largest absolute Gasteiger partial charge is 0.491 e. The fourth-order valence-corrected chi connectivity index (χ4v) is 3.38. The zero-order valence-electron chi connectivity index (χ0n) is 15.5. The molecule has 2 aromatic rings. The van der Waals surface area contributed by atoms with Crippen LogP contribution in [0.1, 0.15) is 24.2 Å². The SMILES string of the molecule is CCc1ccc(OCC(O)CN2CCOC(c3ccc(Br)cc3)C2)cc1.Cl. The van der Waals surface area contributed by atoms with Gasteiger partial charge >= 0.3 is 0 Å². The molecular formula is C21H27BrClNO3. The van der Waals surface area contributed by atoms with Gasteiger partial charge in [0.15, 0.2) is 0 Å². The van der Waals surface area contributed by atoms with Gasteiger partial charge in [0.1, 0.15) is 18.5 Å². The zero-order valence-corrected chi connectivity index (χ0v) is 17.9. The topological polar surface area (TPSA) is 41.9 Å². The number of rotatable bonds is 7. The predicted molar refractivity (Wildman–Crippen MR) is 114 cm³/mol. The van der Waals surface area contributed by atoms with Crippen molar-refractivity contribution in [3.8, 4) is 5.75 Å². The van der Waals surface area contributed by atoms with Gasteiger partial charge in [0.25, 0.3) is 0 Å². The lowest BCUT2D eigenvalue weighted by atomic mass is 10.1. The summed E-state index contributed by atoms with van der Waals surface area (Å²) in [6.45, 7) is 5.30. The van der Waals surface area contributed by atoms with E-state index in [1.165, 1.54) is 11.1 Å². The first-order valence-corrected chi connectivity index (χ1v) is 9.92. The molecule has 1 aliphatic rings. The Balaban J connectivity index is 0.00000261. The lowest BCUT2D eigenvalue weighted by Gasteiger charge is -2.34. The molecule has 0 bridgehead atoms. The van der Waals surface area contributed by atoms with Gasteiger partial charge in [-0.05, 0) is 41.8 Å². The first-order chi connectivity index (χ1) is 12.6. The van der Waals surface area contributed by atoms with Crippen LogP contribution in [0, 0.1) is 0 Å². The maximum absolute atomic E-state index is 10.3. The molecule has 1 heterocycles. The summed E-state index contributed by atoms with van der Waals surface area (Å²) in [5.74, 6) is 0.802. The highest BCUT2D eigenvalue weighted by Gasteiger charge is 2.23. The number of benzene rings is 2. The number of halogens is 2. The summed E-state index contributed by atoms with van der Waals surface area (Å²) in [5.41, 5.74) is 2.45. The summed E-state index contributed by atoms with van der Waals surface area (Å²) in [6, 6.07) is 16.3. The van der Waals surface area contributed by atoms with Crippen LogP contribution < -0.4 is 4.74 Å². The van der Waals surface area contributed by atoms with Crippen molar-refractivity contribution in [2.75, 3.05) is 32.8 Å². The number of aliphatic hydroxyl groups is 1. The van der Waals surface area contributed by atoms with Crippen molar-refractivity contribution in [3.63, 3.8) is 0 Å². The molecule has 148 valence electrons. The van der Waals surface area contributed by atoms with E-state index in [9.17, 15) is 5.11 Å². The lowest BCUT2D eigenvalue weighted by molar-refractivity contribution is -0.0459. The second kappa shape index (κ2) is 11.0. The van der Waals surface area contributed by atoms with Crippen LogP contribution in [0.15, 0.2) is 53.0 Å². The highest BCUT2D eigenvalue weighted by molar-refractivity contribution is 9.10. The summed E-state index contributed by atoms with van der Waals surface area (Å²) in [6.07, 6.45) is 0.538. The minimum absolute atomic E-state index is 0. The van der Waals surface area contributed by atoms with Crippen molar-refractivity contribution >= 4 is 28.3 Å². The second-order valence-corrected chi connectivity index (χ2v) is 7.55. The molecule has 0 radical (unpaired) electrons. The van der Waals surface area contributed by atoms with E-state index in [0.29, 0.717) is 19.8 Å². The first kappa shape index (κ1) is 22.2. The van der Waals surface area contributed by atoms with Crippen molar-refractivity contribution in [2.24, 2.45) is 0 Å². The molecule has 2 atom stereocenters. The van der Waals surface area contributed by atoms with E-state index in [1.807, 2.05) is 24.3 Å². The number of β-amino-alcohol motifs (C(OH)–C–C–N with tert-alkyl or cyclic N) is 1. The monoisotopic (exact) mass is 455 g/mol. The van der Waals surface area contributed by atoms with Crippen LogP contribution in [0.3, 0.4) is 0 Å². The van der Waals surface area contributed by atoms with E-state index in [1.54, 1.807) is 0 Å². The summed E-state index contributed by atoms with van der Waals surface area (Å²) in [4.78, 5) is 2.24. The average molecular weight is 457 g/mol. The van der Waals surface area contributed by atoms with Crippen LogP contribution >= 0.6 is 28.3 Å². The smallest absolute Gasteiger partial charge is 0.119 e. The predicted octanol–water partition coefficient (Wildman–Crippen LogP) is 4.25. The van der Waals surface area contributed by atoms with Crippen LogP contribution in [0.25, 0.3) is 0 Å². The third-order valence-corrected chi connectivity index (χ3v) is 5.16. The van der Waals surface area contributed by atoms with Crippen LogP contribution in [-0.4, -0.2) is 49.0 Å². The van der Waals surface area contributed by atoms with Gasteiger partial charge < -0.3 is 14.6 Å². The highest BCUT2D eigenvalue weighted by Crippen LogP contribution is 2.24. The van der Waals surface area contributed by atoms with E-state index in [4.69, 9.17) is 9.47 Å². The van der Waals surface area contributed by atoms with Gasteiger partial charge in [0, 0.05) is 24.1 Å². The molecule has 0 saturated carbocycles. The van der Waals surface area contributed by atoms with Crippen molar-refractivity contribution in [1.82, 2.24) is 4.90 Å². The molecule has 27 heavy (non-hydrogen) atoms. The van der Waals surface area contributed by atoms with Gasteiger partial charge in [-0.3, -0.25) is 4.90 Å². The van der Waals surface area contributed by atoms with E-state index >= 15 is 0 Å². The molecule has 0 amide bonds. The minimum Gasteiger partial charge on any atom is -0.491 e. The van der Waals surface area contributed by atoms with E-state index in [0.717, 1.165) is 29.7 Å². The Bertz CT molecular complexity index is 681. The number of ether oxygens (including phenoxy) is 2. The Morgan fingerprint density at radius 3 is 2.56 bits per heavy atom. The zero-order chi connectivity index (χ0) is 18.4. The molecule has 2 unspecified atom stereocenters. The number of aliphatic hydroxyl groups excluding tert-OH is 1. The summed E-state index contributed by atoms with van der Waals surface area (Å²) in [5, 5.41) is 10.3. The minimum atomic E-state index is -0.524. The van der Waals surface area contributed by atoms with Gasteiger partial charge in [0.2, 0.25) is 0 Å². The molecule has 1 saturated heterocycles. The van der Waals surface area contributed by atoms with Crippen LogP contribution in [-0.2, 0) is 11.2 Å². The summed E-state index contributed by atoms with van der Waals surface area (Å²) < 4.78 is 12.7. The fraction of sp³-hybridized carbons (Fsp3) is 0.429. The van der Waals surface area contributed by atoms with Gasteiger partial charge in [-0.2, -0.15) is 0 Å². The first-order valence-electron chi connectivity index (χ1n) is 9.13. The number of morpholine rings is 1. The second-order valence-electron chi connectivity index (χ2n) is 6.63. The Kier molecular flexibility index (Phi) is 9.06. The Morgan fingerprint density at radius 2 is 1.89 bits per heavy atom. The molecule has 0 aliphatic carbocycles. The van der Waals surface area contributed by atoms with Gasteiger partial charge in [-0.15, -0.1) is 12.4 Å². The third kappa shape index (κ3) is 6.77. The third-order valence-electron chi connectivity index (χ3n) is 4.64. The number of hydrogen-bond acceptors (Lipinski definition) is 4. The number of hydrogen-bond donors (Lipinski definition) is 1. The van der Waals surface area contributed by atoms with E-state index in [-0.39, 0.29) is 18.5 Å². The Morgan fingerprint density at radius 1 is 1.19 bits per heavy atom. The fourth-order valence-electron chi connectivity index (χ4n) is 3.11. The van der Waals surface area contributed by atoms with Gasteiger partial charge in [-0.1, -0.05) is 47.1 Å². The normalized spacial score (nSPS) is 18.6. The lowest BCUT2D eigenvalue weighted by Crippen LogP contribution is -2.43. The van der Waals surface area contributed by atoms with Crippen molar-refractivity contribution in [1.29, 1.82) is 0 Å². The van der Waals surface area contributed by atoms with E-state index < -0.39 is 6.10 Å². The maximum atomic E-state index is 10.3. The maximum Gasteiger partial charge on any atom is 0.119 e. The van der Waals surface area contributed by atoms with E-state index in [2.05, 4.69) is 52.0 Å². The Labute approximate surface area is 176 Å². The summed E-state index contributed by atoms with van der Waals surface area (Å²) in [7, 11) is 0.